The summed E-state index contributed by atoms with van der Waals surface area (Å²) in [5.74, 6) is 1.92. The van der Waals surface area contributed by atoms with Crippen molar-refractivity contribution in [2.24, 2.45) is 0 Å². The minimum absolute atomic E-state index is 0.622. The predicted octanol–water partition coefficient (Wildman–Crippen LogP) is 5.68. The molecule has 0 aliphatic heterocycles. The van der Waals surface area contributed by atoms with Crippen LogP contribution in [0.1, 0.15) is 0 Å². The lowest BCUT2D eigenvalue weighted by Crippen LogP contribution is -1.99. The maximum atomic E-state index is 5.38. The SMILES string of the molecule is COc1cc2ncnc(Nc3c(Br)cc(Br)cc3Br)c2cc1OC. The molecule has 1 heterocycles. The highest BCUT2D eigenvalue weighted by molar-refractivity contribution is 9.11. The van der Waals surface area contributed by atoms with Crippen LogP contribution in [0.15, 0.2) is 44.0 Å². The normalized spacial score (nSPS) is 10.7. The van der Waals surface area contributed by atoms with Crippen LogP contribution in [-0.4, -0.2) is 24.2 Å². The number of nitrogens with one attached hydrogen (secondary N) is 1. The van der Waals surface area contributed by atoms with E-state index < -0.39 is 0 Å². The summed E-state index contributed by atoms with van der Waals surface area (Å²) in [6.45, 7) is 0. The molecule has 0 saturated carbocycles. The molecule has 0 fully saturated rings. The zero-order valence-electron chi connectivity index (χ0n) is 12.7. The number of benzene rings is 2. The fraction of sp³-hybridized carbons (Fsp3) is 0.125. The van der Waals surface area contributed by atoms with Gasteiger partial charge in [0, 0.05) is 24.9 Å². The molecule has 0 radical (unpaired) electrons. The first-order valence-electron chi connectivity index (χ1n) is 6.81. The van der Waals surface area contributed by atoms with Gasteiger partial charge in [-0.25, -0.2) is 9.97 Å². The van der Waals surface area contributed by atoms with E-state index >= 15 is 0 Å². The molecule has 5 nitrogen and oxygen atoms in total. The highest BCUT2D eigenvalue weighted by atomic mass is 79.9. The third-order valence-corrected chi connectivity index (χ3v) is 5.10. The molecule has 24 heavy (non-hydrogen) atoms. The number of aromatic nitrogens is 2. The molecule has 1 aromatic heterocycles. The number of hydrogen-bond donors (Lipinski definition) is 1. The zero-order chi connectivity index (χ0) is 17.3. The van der Waals surface area contributed by atoms with Crippen molar-refractivity contribution < 1.29 is 9.47 Å². The van der Waals surface area contributed by atoms with Gasteiger partial charge in [0.25, 0.3) is 0 Å². The number of nitrogens with zero attached hydrogens (tertiary/aromatic N) is 2. The van der Waals surface area contributed by atoms with Crippen molar-refractivity contribution in [2.45, 2.75) is 0 Å². The third kappa shape index (κ3) is 3.36. The number of ether oxygens (including phenoxy) is 2. The van der Waals surface area contributed by atoms with Gasteiger partial charge in [-0.2, -0.15) is 0 Å². The maximum absolute atomic E-state index is 5.38. The van der Waals surface area contributed by atoms with Crippen LogP contribution < -0.4 is 14.8 Å². The standard InChI is InChI=1S/C16H12Br3N3O2/c1-23-13-5-9-12(6-14(13)24-2)20-7-21-16(9)22-15-10(18)3-8(17)4-11(15)19/h3-7H,1-2H3,(H,20,21,22). The Bertz CT molecular complexity index is 895. The molecule has 0 aliphatic rings. The molecule has 3 rings (SSSR count). The minimum Gasteiger partial charge on any atom is -0.493 e. The summed E-state index contributed by atoms with van der Waals surface area (Å²) in [4.78, 5) is 8.67. The zero-order valence-corrected chi connectivity index (χ0v) is 17.5. The summed E-state index contributed by atoms with van der Waals surface area (Å²) in [6.07, 6.45) is 1.51. The Balaban J connectivity index is 2.14. The van der Waals surface area contributed by atoms with Crippen LogP contribution in [0, 0.1) is 0 Å². The highest BCUT2D eigenvalue weighted by Crippen LogP contribution is 2.39. The Morgan fingerprint density at radius 2 is 1.50 bits per heavy atom. The molecule has 124 valence electrons. The van der Waals surface area contributed by atoms with Crippen LogP contribution in [0.2, 0.25) is 0 Å². The summed E-state index contributed by atoms with van der Waals surface area (Å²) in [7, 11) is 3.20. The van der Waals surface area contributed by atoms with E-state index in [0.717, 1.165) is 30.0 Å². The first-order valence-corrected chi connectivity index (χ1v) is 9.19. The second-order valence-electron chi connectivity index (χ2n) is 4.82. The largest absolute Gasteiger partial charge is 0.493 e. The second kappa shape index (κ2) is 7.25. The van der Waals surface area contributed by atoms with E-state index in [1.807, 2.05) is 24.3 Å². The number of anilines is 2. The Morgan fingerprint density at radius 1 is 0.875 bits per heavy atom. The monoisotopic (exact) mass is 515 g/mol. The Hall–Kier alpha value is -1.38. The lowest BCUT2D eigenvalue weighted by Gasteiger charge is -2.14. The van der Waals surface area contributed by atoms with Crippen LogP contribution in [0.25, 0.3) is 10.9 Å². The van der Waals surface area contributed by atoms with Crippen LogP contribution >= 0.6 is 47.8 Å². The van der Waals surface area contributed by atoms with Crippen molar-refractivity contribution in [3.05, 3.63) is 44.0 Å². The summed E-state index contributed by atoms with van der Waals surface area (Å²) < 4.78 is 13.5. The topological polar surface area (TPSA) is 56.3 Å². The Kier molecular flexibility index (Phi) is 5.27. The first-order chi connectivity index (χ1) is 11.5. The molecule has 0 amide bonds. The fourth-order valence-corrected chi connectivity index (χ4v) is 4.72. The van der Waals surface area contributed by atoms with Gasteiger partial charge in [0.2, 0.25) is 0 Å². The summed E-state index contributed by atoms with van der Waals surface area (Å²) in [6, 6.07) is 7.60. The molecule has 0 aliphatic carbocycles. The molecule has 0 spiro atoms. The molecule has 0 unspecified atom stereocenters. The lowest BCUT2D eigenvalue weighted by molar-refractivity contribution is 0.356. The van der Waals surface area contributed by atoms with Gasteiger partial charge in [0.15, 0.2) is 11.5 Å². The van der Waals surface area contributed by atoms with Gasteiger partial charge in [-0.05, 0) is 50.1 Å². The molecule has 0 bridgehead atoms. The van der Waals surface area contributed by atoms with Crippen LogP contribution in [-0.2, 0) is 0 Å². The van der Waals surface area contributed by atoms with Gasteiger partial charge in [-0.3, -0.25) is 0 Å². The van der Waals surface area contributed by atoms with Crippen LogP contribution in [0.4, 0.5) is 11.5 Å². The third-order valence-electron chi connectivity index (χ3n) is 3.39. The Morgan fingerprint density at radius 3 is 2.12 bits per heavy atom. The molecule has 3 aromatic rings. The molecular formula is C16H12Br3N3O2. The predicted molar refractivity (Wildman–Crippen MR) is 105 cm³/mol. The van der Waals surface area contributed by atoms with Crippen molar-refractivity contribution in [3.63, 3.8) is 0 Å². The molecule has 8 heteroatoms. The average Bonchev–Trinajstić information content (AvgIpc) is 2.56. The van der Waals surface area contributed by atoms with Crippen molar-refractivity contribution in [1.82, 2.24) is 9.97 Å². The quantitative estimate of drug-likeness (QED) is 0.482. The van der Waals surface area contributed by atoms with Gasteiger partial charge < -0.3 is 14.8 Å². The number of methoxy groups -OCH3 is 2. The van der Waals surface area contributed by atoms with Gasteiger partial charge in [0.1, 0.15) is 12.1 Å². The van der Waals surface area contributed by atoms with Crippen molar-refractivity contribution in [3.8, 4) is 11.5 Å². The minimum atomic E-state index is 0.622. The fourth-order valence-electron chi connectivity index (χ4n) is 2.26. The van der Waals surface area contributed by atoms with E-state index in [1.165, 1.54) is 6.33 Å². The van der Waals surface area contributed by atoms with Gasteiger partial charge in [-0.1, -0.05) is 15.9 Å². The summed E-state index contributed by atoms with van der Waals surface area (Å²) in [5, 5.41) is 4.17. The number of halogens is 3. The van der Waals surface area contributed by atoms with Crippen molar-refractivity contribution in [2.75, 3.05) is 19.5 Å². The first kappa shape index (κ1) is 17.4. The van der Waals surface area contributed by atoms with Crippen LogP contribution in [0.3, 0.4) is 0 Å². The number of rotatable bonds is 4. The van der Waals surface area contributed by atoms with E-state index in [2.05, 4.69) is 63.1 Å². The smallest absolute Gasteiger partial charge is 0.162 e. The average molecular weight is 518 g/mol. The van der Waals surface area contributed by atoms with Gasteiger partial charge >= 0.3 is 0 Å². The van der Waals surface area contributed by atoms with E-state index in [1.54, 1.807) is 14.2 Å². The molecule has 0 atom stereocenters. The van der Waals surface area contributed by atoms with Crippen molar-refractivity contribution >= 4 is 70.2 Å². The molecule has 2 aromatic carbocycles. The second-order valence-corrected chi connectivity index (χ2v) is 7.44. The molecule has 0 saturated heterocycles. The maximum Gasteiger partial charge on any atom is 0.162 e. The molecular weight excluding hydrogens is 506 g/mol. The summed E-state index contributed by atoms with van der Waals surface area (Å²) in [5.41, 5.74) is 1.63. The number of fused-ring (bicyclic) bond motifs is 1. The van der Waals surface area contributed by atoms with Gasteiger partial charge in [0.05, 0.1) is 25.4 Å². The summed E-state index contributed by atoms with van der Waals surface area (Å²) >= 11 is 10.6. The van der Waals surface area contributed by atoms with Gasteiger partial charge in [-0.15, -0.1) is 0 Å². The lowest BCUT2D eigenvalue weighted by atomic mass is 10.2. The van der Waals surface area contributed by atoms with E-state index in [4.69, 9.17) is 9.47 Å². The highest BCUT2D eigenvalue weighted by Gasteiger charge is 2.13. The molecule has 1 N–H and O–H groups in total. The number of hydrogen-bond acceptors (Lipinski definition) is 5. The van der Waals surface area contributed by atoms with E-state index in [9.17, 15) is 0 Å². The van der Waals surface area contributed by atoms with Crippen molar-refractivity contribution in [1.29, 1.82) is 0 Å². The van der Waals surface area contributed by atoms with Crippen LogP contribution in [0.5, 0.6) is 11.5 Å². The Labute approximate surface area is 164 Å². The van der Waals surface area contributed by atoms with E-state index in [-0.39, 0.29) is 0 Å². The van der Waals surface area contributed by atoms with E-state index in [0.29, 0.717) is 17.3 Å².